The number of benzene rings is 2. The fraction of sp³-hybridized carbons (Fsp3) is 0.143. The molecule has 0 saturated carbocycles. The smallest absolute Gasteiger partial charge is 0.358 e. The van der Waals surface area contributed by atoms with Crippen LogP contribution in [0.4, 0.5) is 5.69 Å². The van der Waals surface area contributed by atoms with Crippen LogP contribution in [0.15, 0.2) is 53.9 Å². The fourth-order valence-electron chi connectivity index (χ4n) is 2.41. The zero-order chi connectivity index (χ0) is 20.8. The Hall–Kier alpha value is -3.52. The van der Waals surface area contributed by atoms with Gasteiger partial charge in [-0.15, -0.1) is 11.3 Å². The maximum Gasteiger partial charge on any atom is 0.358 e. The Morgan fingerprint density at radius 1 is 1.00 bits per heavy atom. The molecule has 0 spiro atoms. The molecule has 0 bridgehead atoms. The zero-order valence-corrected chi connectivity index (χ0v) is 16.6. The number of nitrogens with one attached hydrogen (secondary N) is 1. The van der Waals surface area contributed by atoms with Crippen LogP contribution in [0.25, 0.3) is 10.6 Å². The minimum atomic E-state index is -0.671. The van der Waals surface area contributed by atoms with Crippen molar-refractivity contribution in [1.29, 1.82) is 0 Å². The minimum absolute atomic E-state index is 0.154. The van der Waals surface area contributed by atoms with E-state index in [1.54, 1.807) is 17.5 Å². The Bertz CT molecular complexity index is 1030. The molecular weight excluding hydrogens is 392 g/mol. The monoisotopic (exact) mass is 410 g/mol. The van der Waals surface area contributed by atoms with Gasteiger partial charge in [0.1, 0.15) is 5.01 Å². The number of ether oxygens (including phenoxy) is 2. The second-order valence-corrected chi connectivity index (χ2v) is 6.96. The van der Waals surface area contributed by atoms with Crippen molar-refractivity contribution in [2.24, 2.45) is 0 Å². The van der Waals surface area contributed by atoms with Gasteiger partial charge in [0.05, 0.1) is 12.7 Å². The molecule has 8 heteroatoms. The summed E-state index contributed by atoms with van der Waals surface area (Å²) in [5.41, 5.74) is 3.03. The van der Waals surface area contributed by atoms with E-state index in [-0.39, 0.29) is 5.69 Å². The van der Waals surface area contributed by atoms with E-state index in [4.69, 9.17) is 4.74 Å². The number of rotatable bonds is 6. The molecule has 1 aromatic heterocycles. The van der Waals surface area contributed by atoms with E-state index >= 15 is 0 Å². The predicted molar refractivity (Wildman–Crippen MR) is 109 cm³/mol. The number of anilines is 1. The summed E-state index contributed by atoms with van der Waals surface area (Å²) in [5.74, 6) is -1.64. The topological polar surface area (TPSA) is 94.6 Å². The predicted octanol–water partition coefficient (Wildman–Crippen LogP) is 3.70. The molecular formula is C21H18N2O5S. The normalized spacial score (nSPS) is 10.3. The molecule has 0 saturated heterocycles. The van der Waals surface area contributed by atoms with Gasteiger partial charge in [0.25, 0.3) is 5.91 Å². The highest BCUT2D eigenvalue weighted by Crippen LogP contribution is 2.24. The van der Waals surface area contributed by atoms with Gasteiger partial charge in [-0.2, -0.15) is 0 Å². The van der Waals surface area contributed by atoms with E-state index in [0.717, 1.165) is 11.1 Å². The van der Waals surface area contributed by atoms with Crippen LogP contribution in [0.2, 0.25) is 0 Å². The van der Waals surface area contributed by atoms with Crippen molar-refractivity contribution in [3.05, 3.63) is 70.7 Å². The number of aryl methyl sites for hydroxylation is 1. The zero-order valence-electron chi connectivity index (χ0n) is 15.8. The highest BCUT2D eigenvalue weighted by Gasteiger charge is 2.15. The van der Waals surface area contributed by atoms with Gasteiger partial charge in [-0.25, -0.2) is 14.6 Å². The number of methoxy groups -OCH3 is 1. The van der Waals surface area contributed by atoms with Gasteiger partial charge in [0, 0.05) is 16.6 Å². The van der Waals surface area contributed by atoms with Gasteiger partial charge in [0.15, 0.2) is 12.3 Å². The standard InChI is InChI=1S/C21H18N2O5S/c1-13-3-5-14(6-4-13)19-23-17(12-29-19)21(26)28-11-18(24)22-16-9-7-15(8-10-16)20(25)27-2/h3-10,12H,11H2,1-2H3,(H,22,24). The summed E-state index contributed by atoms with van der Waals surface area (Å²) in [7, 11) is 1.29. The van der Waals surface area contributed by atoms with Gasteiger partial charge in [-0.3, -0.25) is 4.79 Å². The van der Waals surface area contributed by atoms with E-state index < -0.39 is 24.5 Å². The number of carbonyl (C=O) groups excluding carboxylic acids is 3. The van der Waals surface area contributed by atoms with Crippen LogP contribution in [-0.4, -0.2) is 36.5 Å². The van der Waals surface area contributed by atoms with Gasteiger partial charge in [-0.05, 0) is 31.2 Å². The average Bonchev–Trinajstić information content (AvgIpc) is 3.23. The number of amides is 1. The van der Waals surface area contributed by atoms with Crippen LogP contribution in [0, 0.1) is 6.92 Å². The number of aromatic nitrogens is 1. The molecule has 0 atom stereocenters. The lowest BCUT2D eigenvalue weighted by molar-refractivity contribution is -0.119. The first-order valence-electron chi connectivity index (χ1n) is 8.64. The molecule has 2 aromatic carbocycles. The highest BCUT2D eigenvalue weighted by molar-refractivity contribution is 7.13. The van der Waals surface area contributed by atoms with Gasteiger partial charge < -0.3 is 14.8 Å². The lowest BCUT2D eigenvalue weighted by atomic mass is 10.2. The minimum Gasteiger partial charge on any atom is -0.465 e. The van der Waals surface area contributed by atoms with Crippen LogP contribution in [-0.2, 0) is 14.3 Å². The summed E-state index contributed by atoms with van der Waals surface area (Å²) in [4.78, 5) is 39.8. The quantitative estimate of drug-likeness (QED) is 0.623. The summed E-state index contributed by atoms with van der Waals surface area (Å²) in [6, 6.07) is 14.0. The van der Waals surface area contributed by atoms with Crippen molar-refractivity contribution in [3.63, 3.8) is 0 Å². The molecule has 1 N–H and O–H groups in total. The number of nitrogens with zero attached hydrogens (tertiary/aromatic N) is 1. The average molecular weight is 410 g/mol. The molecule has 7 nitrogen and oxygen atoms in total. The molecule has 1 heterocycles. The molecule has 0 aliphatic carbocycles. The van der Waals surface area contributed by atoms with Gasteiger partial charge in [0.2, 0.25) is 0 Å². The van der Waals surface area contributed by atoms with E-state index in [9.17, 15) is 14.4 Å². The summed E-state index contributed by atoms with van der Waals surface area (Å²) in [6.45, 7) is 1.54. The number of carbonyl (C=O) groups is 3. The van der Waals surface area contributed by atoms with Crippen LogP contribution in [0.5, 0.6) is 0 Å². The van der Waals surface area contributed by atoms with Crippen molar-refractivity contribution in [3.8, 4) is 10.6 Å². The highest BCUT2D eigenvalue weighted by atomic mass is 32.1. The van der Waals surface area contributed by atoms with E-state index in [2.05, 4.69) is 15.0 Å². The maximum absolute atomic E-state index is 12.1. The first-order valence-corrected chi connectivity index (χ1v) is 9.52. The summed E-state index contributed by atoms with van der Waals surface area (Å²) < 4.78 is 9.64. The first-order chi connectivity index (χ1) is 14.0. The van der Waals surface area contributed by atoms with Crippen LogP contribution < -0.4 is 5.32 Å². The lowest BCUT2D eigenvalue weighted by Crippen LogP contribution is -2.21. The van der Waals surface area contributed by atoms with E-state index in [1.807, 2.05) is 31.2 Å². The van der Waals surface area contributed by atoms with Gasteiger partial charge in [-0.1, -0.05) is 29.8 Å². The number of hydrogen-bond donors (Lipinski definition) is 1. The Kier molecular flexibility index (Phi) is 6.36. The molecule has 3 aromatic rings. The summed E-state index contributed by atoms with van der Waals surface area (Å²) in [6.07, 6.45) is 0. The lowest BCUT2D eigenvalue weighted by Gasteiger charge is -2.06. The van der Waals surface area contributed by atoms with Crippen LogP contribution in [0.3, 0.4) is 0 Å². The molecule has 0 aliphatic rings. The second kappa shape index (κ2) is 9.11. The maximum atomic E-state index is 12.1. The molecule has 0 radical (unpaired) electrons. The molecule has 0 unspecified atom stereocenters. The molecule has 3 rings (SSSR count). The number of esters is 2. The molecule has 148 valence electrons. The summed E-state index contributed by atoms with van der Waals surface area (Å²) >= 11 is 1.33. The summed E-state index contributed by atoms with van der Waals surface area (Å²) in [5, 5.41) is 4.88. The van der Waals surface area contributed by atoms with Crippen molar-refractivity contribution in [2.75, 3.05) is 19.0 Å². The Labute approximate surface area is 171 Å². The largest absolute Gasteiger partial charge is 0.465 e. The van der Waals surface area contributed by atoms with Crippen LogP contribution in [0.1, 0.15) is 26.4 Å². The molecule has 1 amide bonds. The van der Waals surface area contributed by atoms with Crippen LogP contribution >= 0.6 is 11.3 Å². The SMILES string of the molecule is COC(=O)c1ccc(NC(=O)COC(=O)c2csc(-c3ccc(C)cc3)n2)cc1. The number of thiazole rings is 1. The molecule has 0 fully saturated rings. The third-order valence-electron chi connectivity index (χ3n) is 3.94. The van der Waals surface area contributed by atoms with Gasteiger partial charge >= 0.3 is 11.9 Å². The first kappa shape index (κ1) is 20.2. The Morgan fingerprint density at radius 3 is 2.34 bits per heavy atom. The third kappa shape index (κ3) is 5.26. The van der Waals surface area contributed by atoms with E-state index in [0.29, 0.717) is 16.3 Å². The van der Waals surface area contributed by atoms with Crippen molar-refractivity contribution >= 4 is 34.9 Å². The molecule has 0 aliphatic heterocycles. The second-order valence-electron chi connectivity index (χ2n) is 6.10. The van der Waals surface area contributed by atoms with Crippen molar-refractivity contribution in [2.45, 2.75) is 6.92 Å². The fourth-order valence-corrected chi connectivity index (χ4v) is 3.20. The third-order valence-corrected chi connectivity index (χ3v) is 4.83. The Morgan fingerprint density at radius 2 is 1.69 bits per heavy atom. The van der Waals surface area contributed by atoms with Crippen molar-refractivity contribution < 1.29 is 23.9 Å². The molecule has 29 heavy (non-hydrogen) atoms. The van der Waals surface area contributed by atoms with E-state index in [1.165, 1.54) is 30.6 Å². The number of hydrogen-bond acceptors (Lipinski definition) is 7. The Balaban J connectivity index is 1.53. The van der Waals surface area contributed by atoms with Crippen molar-refractivity contribution in [1.82, 2.24) is 4.98 Å².